The van der Waals surface area contributed by atoms with Crippen LogP contribution in [-0.4, -0.2) is 15.3 Å². The summed E-state index contributed by atoms with van der Waals surface area (Å²) in [5, 5.41) is 22.2. The van der Waals surface area contributed by atoms with Gasteiger partial charge in [0.1, 0.15) is 0 Å². The summed E-state index contributed by atoms with van der Waals surface area (Å²) in [6.07, 6.45) is 0.138. The van der Waals surface area contributed by atoms with Gasteiger partial charge in [0.15, 0.2) is 0 Å². The van der Waals surface area contributed by atoms with Gasteiger partial charge in [0.2, 0.25) is 0 Å². The molecule has 0 aliphatic carbocycles. The summed E-state index contributed by atoms with van der Waals surface area (Å²) in [5.74, 6) is 0. The molecule has 4 heteroatoms. The Morgan fingerprint density at radius 2 is 2.19 bits per heavy atom. The van der Waals surface area contributed by atoms with Crippen molar-refractivity contribution in [3.8, 4) is 0 Å². The lowest BCUT2D eigenvalue weighted by Crippen LogP contribution is -2.06. The number of aliphatic hydroxyl groups excluding tert-OH is 1. The zero-order valence-corrected chi connectivity index (χ0v) is 10.2. The zero-order valence-electron chi connectivity index (χ0n) is 9.34. The minimum atomic E-state index is -0.496. The van der Waals surface area contributed by atoms with Gasteiger partial charge in [-0.15, -0.1) is 0 Å². The standard InChI is InChI=1S/C12H14N2OS/c1-8-5-11(9(2)14-13-8)12(15)6-10-3-4-16-7-10/h3-5,7,12,15H,6H2,1-2H3. The second-order valence-electron chi connectivity index (χ2n) is 3.88. The van der Waals surface area contributed by atoms with Crippen LogP contribution in [0, 0.1) is 13.8 Å². The van der Waals surface area contributed by atoms with Gasteiger partial charge in [0.25, 0.3) is 0 Å². The molecule has 0 saturated heterocycles. The van der Waals surface area contributed by atoms with Crippen molar-refractivity contribution < 1.29 is 5.11 Å². The smallest absolute Gasteiger partial charge is 0.0849 e. The van der Waals surface area contributed by atoms with Crippen molar-refractivity contribution in [3.63, 3.8) is 0 Å². The third-order valence-corrected chi connectivity index (χ3v) is 3.24. The number of hydrogen-bond acceptors (Lipinski definition) is 4. The highest BCUT2D eigenvalue weighted by atomic mass is 32.1. The lowest BCUT2D eigenvalue weighted by molar-refractivity contribution is 0.177. The van der Waals surface area contributed by atoms with Crippen LogP contribution in [-0.2, 0) is 6.42 Å². The van der Waals surface area contributed by atoms with Crippen LogP contribution in [0.3, 0.4) is 0 Å². The molecule has 0 spiro atoms. The molecular weight excluding hydrogens is 220 g/mol. The van der Waals surface area contributed by atoms with E-state index in [0.29, 0.717) is 6.42 Å². The van der Waals surface area contributed by atoms with E-state index < -0.39 is 6.10 Å². The second-order valence-corrected chi connectivity index (χ2v) is 4.66. The van der Waals surface area contributed by atoms with E-state index in [1.807, 2.05) is 31.4 Å². The van der Waals surface area contributed by atoms with Crippen LogP contribution in [0.4, 0.5) is 0 Å². The van der Waals surface area contributed by atoms with Crippen molar-refractivity contribution >= 4 is 11.3 Å². The Morgan fingerprint density at radius 1 is 1.38 bits per heavy atom. The van der Waals surface area contributed by atoms with Crippen molar-refractivity contribution in [3.05, 3.63) is 45.4 Å². The molecule has 2 heterocycles. The van der Waals surface area contributed by atoms with Crippen molar-refractivity contribution in [2.45, 2.75) is 26.4 Å². The molecule has 16 heavy (non-hydrogen) atoms. The molecule has 0 amide bonds. The van der Waals surface area contributed by atoms with Gasteiger partial charge in [-0.25, -0.2) is 0 Å². The third-order valence-electron chi connectivity index (χ3n) is 2.51. The van der Waals surface area contributed by atoms with Gasteiger partial charge in [-0.2, -0.15) is 21.5 Å². The van der Waals surface area contributed by atoms with E-state index in [9.17, 15) is 5.11 Å². The molecule has 0 aliphatic heterocycles. The van der Waals surface area contributed by atoms with Crippen LogP contribution >= 0.6 is 11.3 Å². The van der Waals surface area contributed by atoms with Gasteiger partial charge < -0.3 is 5.11 Å². The van der Waals surface area contributed by atoms with Crippen LogP contribution < -0.4 is 0 Å². The molecule has 0 aromatic carbocycles. The first-order chi connectivity index (χ1) is 7.66. The molecule has 0 radical (unpaired) electrons. The van der Waals surface area contributed by atoms with E-state index in [-0.39, 0.29) is 0 Å². The molecule has 1 unspecified atom stereocenters. The number of rotatable bonds is 3. The zero-order chi connectivity index (χ0) is 11.5. The first-order valence-corrected chi connectivity index (χ1v) is 6.11. The number of thiophene rings is 1. The molecule has 3 nitrogen and oxygen atoms in total. The highest BCUT2D eigenvalue weighted by molar-refractivity contribution is 7.07. The Balaban J connectivity index is 2.20. The largest absolute Gasteiger partial charge is 0.388 e. The summed E-state index contributed by atoms with van der Waals surface area (Å²) in [7, 11) is 0. The number of nitrogens with zero attached hydrogens (tertiary/aromatic N) is 2. The van der Waals surface area contributed by atoms with Gasteiger partial charge in [0, 0.05) is 12.0 Å². The van der Waals surface area contributed by atoms with E-state index in [2.05, 4.69) is 15.6 Å². The predicted molar refractivity (Wildman–Crippen MR) is 64.5 cm³/mol. The highest BCUT2D eigenvalue weighted by Gasteiger charge is 2.13. The maximum Gasteiger partial charge on any atom is 0.0849 e. The molecule has 0 fully saturated rings. The highest BCUT2D eigenvalue weighted by Crippen LogP contribution is 2.21. The van der Waals surface area contributed by atoms with Crippen LogP contribution in [0.5, 0.6) is 0 Å². The monoisotopic (exact) mass is 234 g/mol. The maximum atomic E-state index is 10.1. The van der Waals surface area contributed by atoms with Crippen molar-refractivity contribution in [2.75, 3.05) is 0 Å². The minimum absolute atomic E-state index is 0.496. The fourth-order valence-corrected chi connectivity index (χ4v) is 2.33. The van der Waals surface area contributed by atoms with Crippen molar-refractivity contribution in [1.29, 1.82) is 0 Å². The van der Waals surface area contributed by atoms with Gasteiger partial charge in [-0.1, -0.05) is 0 Å². The number of aromatic nitrogens is 2. The fraction of sp³-hybridized carbons (Fsp3) is 0.333. The number of aliphatic hydroxyl groups is 1. The van der Waals surface area contributed by atoms with Crippen molar-refractivity contribution in [1.82, 2.24) is 10.2 Å². The Bertz CT molecular complexity index is 468. The quantitative estimate of drug-likeness (QED) is 0.887. The molecular formula is C12H14N2OS. The predicted octanol–water partition coefficient (Wildman–Crippen LogP) is 2.43. The number of aryl methyl sites for hydroxylation is 2. The van der Waals surface area contributed by atoms with Crippen LogP contribution in [0.2, 0.25) is 0 Å². The van der Waals surface area contributed by atoms with Crippen LogP contribution in [0.25, 0.3) is 0 Å². The van der Waals surface area contributed by atoms with E-state index in [4.69, 9.17) is 0 Å². The normalized spacial score (nSPS) is 12.7. The van der Waals surface area contributed by atoms with Gasteiger partial charge in [-0.05, 0) is 42.3 Å². The van der Waals surface area contributed by atoms with Crippen LogP contribution in [0.1, 0.15) is 28.6 Å². The summed E-state index contributed by atoms with van der Waals surface area (Å²) in [5.41, 5.74) is 3.67. The third kappa shape index (κ3) is 2.46. The Hall–Kier alpha value is -1.26. The first kappa shape index (κ1) is 11.2. The summed E-state index contributed by atoms with van der Waals surface area (Å²) in [4.78, 5) is 0. The average Bonchev–Trinajstić information content (AvgIpc) is 2.74. The van der Waals surface area contributed by atoms with E-state index >= 15 is 0 Å². The van der Waals surface area contributed by atoms with Crippen LogP contribution in [0.15, 0.2) is 22.9 Å². The SMILES string of the molecule is Cc1cc(C(O)Cc2ccsc2)c(C)nn1. The lowest BCUT2D eigenvalue weighted by Gasteiger charge is -2.12. The van der Waals surface area contributed by atoms with E-state index in [0.717, 1.165) is 22.5 Å². The molecule has 0 bridgehead atoms. The molecule has 2 aromatic rings. The Morgan fingerprint density at radius 3 is 2.88 bits per heavy atom. The number of hydrogen-bond donors (Lipinski definition) is 1. The fourth-order valence-electron chi connectivity index (χ4n) is 1.65. The molecule has 84 valence electrons. The van der Waals surface area contributed by atoms with Gasteiger partial charge in [-0.3, -0.25) is 0 Å². The van der Waals surface area contributed by atoms with Crippen molar-refractivity contribution in [2.24, 2.45) is 0 Å². The van der Waals surface area contributed by atoms with Gasteiger partial charge >= 0.3 is 0 Å². The Labute approximate surface area is 98.8 Å². The maximum absolute atomic E-state index is 10.1. The summed E-state index contributed by atoms with van der Waals surface area (Å²) in [6.45, 7) is 3.76. The van der Waals surface area contributed by atoms with E-state index in [1.54, 1.807) is 11.3 Å². The summed E-state index contributed by atoms with van der Waals surface area (Å²) < 4.78 is 0. The average molecular weight is 234 g/mol. The molecule has 1 atom stereocenters. The molecule has 1 N–H and O–H groups in total. The molecule has 2 rings (SSSR count). The van der Waals surface area contributed by atoms with Gasteiger partial charge in [0.05, 0.1) is 17.5 Å². The summed E-state index contributed by atoms with van der Waals surface area (Å²) in [6, 6.07) is 3.93. The molecule has 2 aromatic heterocycles. The lowest BCUT2D eigenvalue weighted by atomic mass is 10.0. The summed E-state index contributed by atoms with van der Waals surface area (Å²) >= 11 is 1.65. The second kappa shape index (κ2) is 4.72. The Kier molecular flexibility index (Phi) is 3.31. The molecule has 0 aliphatic rings. The van der Waals surface area contributed by atoms with E-state index in [1.165, 1.54) is 0 Å². The first-order valence-electron chi connectivity index (χ1n) is 5.17. The minimum Gasteiger partial charge on any atom is -0.388 e. The molecule has 0 saturated carbocycles. The topological polar surface area (TPSA) is 46.0 Å².